The standard InChI is InChI=1S/C12H12ClN3O/c1-2-14-11-7-12(16-8-15-11)17-10-6-4-3-5-9(10)13/h3-8H,2H2,1H3,(H,14,15,16). The van der Waals surface area contributed by atoms with Crippen LogP contribution >= 0.6 is 11.6 Å². The Morgan fingerprint density at radius 1 is 1.29 bits per heavy atom. The van der Waals surface area contributed by atoms with E-state index in [-0.39, 0.29) is 0 Å². The number of anilines is 1. The van der Waals surface area contributed by atoms with E-state index in [1.165, 1.54) is 6.33 Å². The van der Waals surface area contributed by atoms with Gasteiger partial charge in [0.15, 0.2) is 0 Å². The molecule has 0 atom stereocenters. The molecule has 17 heavy (non-hydrogen) atoms. The van der Waals surface area contributed by atoms with Crippen LogP contribution < -0.4 is 10.1 Å². The molecule has 1 aromatic heterocycles. The molecule has 2 rings (SSSR count). The Morgan fingerprint density at radius 3 is 2.88 bits per heavy atom. The smallest absolute Gasteiger partial charge is 0.224 e. The minimum absolute atomic E-state index is 0.462. The highest BCUT2D eigenvalue weighted by Gasteiger charge is 2.04. The number of para-hydroxylation sites is 1. The molecule has 0 unspecified atom stereocenters. The van der Waals surface area contributed by atoms with Gasteiger partial charge in [-0.05, 0) is 19.1 Å². The highest BCUT2D eigenvalue weighted by Crippen LogP contribution is 2.28. The second kappa shape index (κ2) is 5.50. The van der Waals surface area contributed by atoms with E-state index in [1.54, 1.807) is 18.2 Å². The van der Waals surface area contributed by atoms with Crippen LogP contribution in [-0.2, 0) is 0 Å². The van der Waals surface area contributed by atoms with Gasteiger partial charge in [0, 0.05) is 12.6 Å². The van der Waals surface area contributed by atoms with Gasteiger partial charge in [0.1, 0.15) is 17.9 Å². The number of benzene rings is 1. The van der Waals surface area contributed by atoms with Gasteiger partial charge in [-0.15, -0.1) is 0 Å². The zero-order valence-corrected chi connectivity index (χ0v) is 10.1. The summed E-state index contributed by atoms with van der Waals surface area (Å²) in [5, 5.41) is 3.64. The van der Waals surface area contributed by atoms with Gasteiger partial charge in [-0.1, -0.05) is 23.7 Å². The van der Waals surface area contributed by atoms with Crippen LogP contribution in [0.1, 0.15) is 6.92 Å². The number of nitrogens with zero attached hydrogens (tertiary/aromatic N) is 2. The number of ether oxygens (including phenoxy) is 1. The SMILES string of the molecule is CCNc1cc(Oc2ccccc2Cl)ncn1. The topological polar surface area (TPSA) is 47.0 Å². The van der Waals surface area contributed by atoms with Crippen LogP contribution in [-0.4, -0.2) is 16.5 Å². The van der Waals surface area contributed by atoms with E-state index in [4.69, 9.17) is 16.3 Å². The van der Waals surface area contributed by atoms with Gasteiger partial charge < -0.3 is 10.1 Å². The number of halogens is 1. The van der Waals surface area contributed by atoms with Crippen molar-refractivity contribution in [1.29, 1.82) is 0 Å². The fourth-order valence-electron chi connectivity index (χ4n) is 1.31. The van der Waals surface area contributed by atoms with Crippen LogP contribution in [0.15, 0.2) is 36.7 Å². The van der Waals surface area contributed by atoms with Gasteiger partial charge in [-0.2, -0.15) is 0 Å². The maximum absolute atomic E-state index is 5.99. The molecule has 5 heteroatoms. The molecule has 0 amide bonds. The first-order valence-corrected chi connectivity index (χ1v) is 5.65. The van der Waals surface area contributed by atoms with E-state index >= 15 is 0 Å². The first-order valence-electron chi connectivity index (χ1n) is 5.28. The van der Waals surface area contributed by atoms with Crippen LogP contribution in [0.25, 0.3) is 0 Å². The van der Waals surface area contributed by atoms with Gasteiger partial charge >= 0.3 is 0 Å². The minimum atomic E-state index is 0.462. The van der Waals surface area contributed by atoms with E-state index in [9.17, 15) is 0 Å². The second-order valence-corrected chi connectivity index (χ2v) is 3.71. The Balaban J connectivity index is 2.18. The van der Waals surface area contributed by atoms with Crippen molar-refractivity contribution >= 4 is 17.4 Å². The van der Waals surface area contributed by atoms with Crippen molar-refractivity contribution in [3.05, 3.63) is 41.7 Å². The predicted molar refractivity (Wildman–Crippen MR) is 67.7 cm³/mol. The Morgan fingerprint density at radius 2 is 2.12 bits per heavy atom. The molecule has 1 N–H and O–H groups in total. The molecule has 1 aromatic carbocycles. The van der Waals surface area contributed by atoms with E-state index < -0.39 is 0 Å². The van der Waals surface area contributed by atoms with E-state index in [1.807, 2.05) is 19.1 Å². The third-order valence-corrected chi connectivity index (χ3v) is 2.36. The van der Waals surface area contributed by atoms with Crippen molar-refractivity contribution in [3.63, 3.8) is 0 Å². The van der Waals surface area contributed by atoms with Crippen LogP contribution in [0.3, 0.4) is 0 Å². The highest BCUT2D eigenvalue weighted by molar-refractivity contribution is 6.32. The average molecular weight is 250 g/mol. The number of hydrogen-bond acceptors (Lipinski definition) is 4. The molecule has 1 heterocycles. The molecule has 88 valence electrons. The minimum Gasteiger partial charge on any atom is -0.437 e. The predicted octanol–water partition coefficient (Wildman–Crippen LogP) is 3.35. The lowest BCUT2D eigenvalue weighted by Gasteiger charge is -2.07. The van der Waals surface area contributed by atoms with Crippen molar-refractivity contribution in [2.24, 2.45) is 0 Å². The third-order valence-electron chi connectivity index (χ3n) is 2.05. The molecule has 2 aromatic rings. The largest absolute Gasteiger partial charge is 0.437 e. The molecule has 0 bridgehead atoms. The molecule has 0 aliphatic rings. The number of aromatic nitrogens is 2. The summed E-state index contributed by atoms with van der Waals surface area (Å²) in [6, 6.07) is 8.99. The van der Waals surface area contributed by atoms with Crippen LogP contribution in [0.4, 0.5) is 5.82 Å². The Bertz CT molecular complexity index is 505. The second-order valence-electron chi connectivity index (χ2n) is 3.30. The molecule has 0 saturated heterocycles. The Labute approximate surface area is 105 Å². The molecule has 0 saturated carbocycles. The van der Waals surface area contributed by atoms with E-state index in [0.29, 0.717) is 16.7 Å². The quantitative estimate of drug-likeness (QED) is 0.903. The van der Waals surface area contributed by atoms with Gasteiger partial charge in [0.05, 0.1) is 5.02 Å². The van der Waals surface area contributed by atoms with Crippen LogP contribution in [0.2, 0.25) is 5.02 Å². The van der Waals surface area contributed by atoms with E-state index in [0.717, 1.165) is 12.4 Å². The van der Waals surface area contributed by atoms with Gasteiger partial charge in [0.2, 0.25) is 5.88 Å². The number of hydrogen-bond donors (Lipinski definition) is 1. The first kappa shape index (κ1) is 11.7. The fraction of sp³-hybridized carbons (Fsp3) is 0.167. The molecule has 0 fully saturated rings. The lowest BCUT2D eigenvalue weighted by Crippen LogP contribution is -2.00. The van der Waals surface area contributed by atoms with Crippen molar-refractivity contribution < 1.29 is 4.74 Å². The summed E-state index contributed by atoms with van der Waals surface area (Å²) in [6.07, 6.45) is 1.45. The summed E-state index contributed by atoms with van der Waals surface area (Å²) in [7, 11) is 0. The highest BCUT2D eigenvalue weighted by atomic mass is 35.5. The molecular formula is C12H12ClN3O. The summed E-state index contributed by atoms with van der Waals surface area (Å²) in [4.78, 5) is 8.08. The molecule has 0 radical (unpaired) electrons. The molecule has 0 spiro atoms. The zero-order valence-electron chi connectivity index (χ0n) is 9.35. The number of nitrogens with one attached hydrogen (secondary N) is 1. The maximum Gasteiger partial charge on any atom is 0.224 e. The molecule has 0 aliphatic heterocycles. The normalized spacial score (nSPS) is 10.0. The maximum atomic E-state index is 5.99. The first-order chi connectivity index (χ1) is 8.29. The average Bonchev–Trinajstić information content (AvgIpc) is 2.33. The Hall–Kier alpha value is -1.81. The summed E-state index contributed by atoms with van der Waals surface area (Å²) in [5.41, 5.74) is 0. The summed E-state index contributed by atoms with van der Waals surface area (Å²) in [5.74, 6) is 1.77. The van der Waals surface area contributed by atoms with Crippen LogP contribution in [0.5, 0.6) is 11.6 Å². The van der Waals surface area contributed by atoms with Gasteiger partial charge in [0.25, 0.3) is 0 Å². The molecular weight excluding hydrogens is 238 g/mol. The monoisotopic (exact) mass is 249 g/mol. The zero-order chi connectivity index (χ0) is 12.1. The van der Waals surface area contributed by atoms with Crippen LogP contribution in [0, 0.1) is 0 Å². The Kier molecular flexibility index (Phi) is 3.77. The molecule has 4 nitrogen and oxygen atoms in total. The summed E-state index contributed by atoms with van der Waals surface area (Å²) in [6.45, 7) is 2.79. The van der Waals surface area contributed by atoms with Crippen molar-refractivity contribution in [2.45, 2.75) is 6.92 Å². The van der Waals surface area contributed by atoms with Crippen molar-refractivity contribution in [2.75, 3.05) is 11.9 Å². The van der Waals surface area contributed by atoms with Crippen molar-refractivity contribution in [3.8, 4) is 11.6 Å². The third kappa shape index (κ3) is 3.07. The number of rotatable bonds is 4. The summed E-state index contributed by atoms with van der Waals surface area (Å²) < 4.78 is 5.57. The summed E-state index contributed by atoms with van der Waals surface area (Å²) >= 11 is 5.99. The lowest BCUT2D eigenvalue weighted by molar-refractivity contribution is 0.462. The molecule has 0 aliphatic carbocycles. The lowest BCUT2D eigenvalue weighted by atomic mass is 10.3. The fourth-order valence-corrected chi connectivity index (χ4v) is 1.49. The van der Waals surface area contributed by atoms with Gasteiger partial charge in [-0.25, -0.2) is 9.97 Å². The van der Waals surface area contributed by atoms with E-state index in [2.05, 4.69) is 15.3 Å². The van der Waals surface area contributed by atoms with Gasteiger partial charge in [-0.3, -0.25) is 0 Å². The van der Waals surface area contributed by atoms with Crippen molar-refractivity contribution in [1.82, 2.24) is 9.97 Å².